The molecule has 1 aromatic rings. The van der Waals surface area contributed by atoms with E-state index in [0.717, 1.165) is 31.2 Å². The Hall–Kier alpha value is -0.600. The van der Waals surface area contributed by atoms with Crippen LogP contribution in [0.4, 0.5) is 4.39 Å². The lowest BCUT2D eigenvalue weighted by molar-refractivity contribution is 0.0444. The molecule has 0 unspecified atom stereocenters. The predicted octanol–water partition coefficient (Wildman–Crippen LogP) is 3.24. The number of aliphatic hydroxyl groups is 1. The van der Waals surface area contributed by atoms with E-state index < -0.39 is 11.4 Å². The van der Waals surface area contributed by atoms with Crippen molar-refractivity contribution in [2.75, 3.05) is 0 Å². The third-order valence-corrected chi connectivity index (χ3v) is 3.18. The van der Waals surface area contributed by atoms with Gasteiger partial charge in [0, 0.05) is 0 Å². The Balaban J connectivity index is 2.36. The molecule has 2 rings (SSSR count). The van der Waals surface area contributed by atoms with Crippen LogP contribution in [0, 0.1) is 5.82 Å². The SMILES string of the molecule is OC1(c2ccc(F)c(Cl)c2)CCCC1. The zero-order valence-electron chi connectivity index (χ0n) is 7.76. The fourth-order valence-corrected chi connectivity index (χ4v) is 2.21. The molecule has 1 aliphatic carbocycles. The number of hydrogen-bond donors (Lipinski definition) is 1. The van der Waals surface area contributed by atoms with Crippen LogP contribution in [0.5, 0.6) is 0 Å². The van der Waals surface area contributed by atoms with Crippen molar-refractivity contribution in [1.29, 1.82) is 0 Å². The smallest absolute Gasteiger partial charge is 0.141 e. The van der Waals surface area contributed by atoms with E-state index in [1.54, 1.807) is 6.07 Å². The fraction of sp³-hybridized carbons (Fsp3) is 0.455. The van der Waals surface area contributed by atoms with Gasteiger partial charge in [-0.3, -0.25) is 0 Å². The van der Waals surface area contributed by atoms with Gasteiger partial charge in [-0.1, -0.05) is 30.5 Å². The van der Waals surface area contributed by atoms with Gasteiger partial charge < -0.3 is 5.11 Å². The number of hydrogen-bond acceptors (Lipinski definition) is 1. The van der Waals surface area contributed by atoms with Crippen LogP contribution >= 0.6 is 11.6 Å². The van der Waals surface area contributed by atoms with Crippen LogP contribution in [0.2, 0.25) is 5.02 Å². The standard InChI is InChI=1S/C11H12ClFO/c12-9-7-8(3-4-10(9)13)11(14)5-1-2-6-11/h3-4,7,14H,1-2,5-6H2. The molecule has 1 saturated carbocycles. The molecule has 1 N–H and O–H groups in total. The minimum absolute atomic E-state index is 0.0859. The van der Waals surface area contributed by atoms with E-state index >= 15 is 0 Å². The minimum Gasteiger partial charge on any atom is -0.385 e. The molecule has 1 nitrogen and oxygen atoms in total. The average molecular weight is 215 g/mol. The van der Waals surface area contributed by atoms with E-state index in [0.29, 0.717) is 0 Å². The molecule has 1 aliphatic rings. The van der Waals surface area contributed by atoms with Crippen LogP contribution in [-0.2, 0) is 5.60 Å². The Morgan fingerprint density at radius 1 is 1.29 bits per heavy atom. The quantitative estimate of drug-likeness (QED) is 0.761. The van der Waals surface area contributed by atoms with Crippen molar-refractivity contribution in [2.45, 2.75) is 31.3 Å². The summed E-state index contributed by atoms with van der Waals surface area (Å²) in [5.74, 6) is -0.433. The van der Waals surface area contributed by atoms with Gasteiger partial charge in [-0.15, -0.1) is 0 Å². The highest BCUT2D eigenvalue weighted by atomic mass is 35.5. The summed E-state index contributed by atoms with van der Waals surface area (Å²) in [6.07, 6.45) is 3.53. The molecular formula is C11H12ClFO. The number of halogens is 2. The monoisotopic (exact) mass is 214 g/mol. The molecule has 0 bridgehead atoms. The largest absolute Gasteiger partial charge is 0.385 e. The van der Waals surface area contributed by atoms with Crippen LogP contribution in [-0.4, -0.2) is 5.11 Å². The molecule has 0 aromatic heterocycles. The van der Waals surface area contributed by atoms with Crippen molar-refractivity contribution >= 4 is 11.6 Å². The first-order chi connectivity index (χ1) is 6.62. The highest BCUT2D eigenvalue weighted by Gasteiger charge is 2.33. The number of benzene rings is 1. The maximum absolute atomic E-state index is 12.9. The summed E-state index contributed by atoms with van der Waals surface area (Å²) in [4.78, 5) is 0. The Labute approximate surface area is 87.5 Å². The molecule has 0 heterocycles. The van der Waals surface area contributed by atoms with Gasteiger partial charge in [0.25, 0.3) is 0 Å². The summed E-state index contributed by atoms with van der Waals surface area (Å²) < 4.78 is 12.9. The Bertz CT molecular complexity index is 345. The van der Waals surface area contributed by atoms with Gasteiger partial charge in [0.05, 0.1) is 10.6 Å². The minimum atomic E-state index is -0.780. The first-order valence-electron chi connectivity index (χ1n) is 4.80. The highest BCUT2D eigenvalue weighted by molar-refractivity contribution is 6.30. The van der Waals surface area contributed by atoms with Gasteiger partial charge in [0.1, 0.15) is 5.82 Å². The molecule has 3 heteroatoms. The van der Waals surface area contributed by atoms with Crippen LogP contribution < -0.4 is 0 Å². The van der Waals surface area contributed by atoms with Gasteiger partial charge >= 0.3 is 0 Å². The summed E-state index contributed by atoms with van der Waals surface area (Å²) in [6, 6.07) is 4.46. The molecule has 0 atom stereocenters. The van der Waals surface area contributed by atoms with Gasteiger partial charge in [-0.05, 0) is 30.5 Å². The Kier molecular flexibility index (Phi) is 2.50. The molecule has 0 amide bonds. The van der Waals surface area contributed by atoms with Crippen molar-refractivity contribution < 1.29 is 9.50 Å². The maximum atomic E-state index is 12.9. The second kappa shape index (κ2) is 3.52. The molecule has 1 aromatic carbocycles. The zero-order chi connectivity index (χ0) is 10.2. The van der Waals surface area contributed by atoms with Gasteiger partial charge in [-0.25, -0.2) is 4.39 Å². The number of rotatable bonds is 1. The van der Waals surface area contributed by atoms with E-state index in [1.165, 1.54) is 12.1 Å². The van der Waals surface area contributed by atoms with E-state index in [-0.39, 0.29) is 5.02 Å². The molecule has 14 heavy (non-hydrogen) atoms. The first-order valence-corrected chi connectivity index (χ1v) is 5.17. The van der Waals surface area contributed by atoms with Gasteiger partial charge in [-0.2, -0.15) is 0 Å². The average Bonchev–Trinajstić information content (AvgIpc) is 2.58. The van der Waals surface area contributed by atoms with Crippen molar-refractivity contribution in [3.05, 3.63) is 34.6 Å². The summed E-state index contributed by atoms with van der Waals surface area (Å²) in [7, 11) is 0. The second-order valence-corrected chi connectivity index (χ2v) is 4.27. The zero-order valence-corrected chi connectivity index (χ0v) is 8.52. The summed E-state index contributed by atoms with van der Waals surface area (Å²) in [5, 5.41) is 10.3. The fourth-order valence-electron chi connectivity index (χ4n) is 2.03. The lowest BCUT2D eigenvalue weighted by Crippen LogP contribution is -2.20. The van der Waals surface area contributed by atoms with Crippen LogP contribution in [0.1, 0.15) is 31.2 Å². The molecule has 0 spiro atoms. The summed E-state index contributed by atoms with van der Waals surface area (Å²) in [6.45, 7) is 0. The summed E-state index contributed by atoms with van der Waals surface area (Å²) >= 11 is 5.67. The van der Waals surface area contributed by atoms with E-state index in [1.807, 2.05) is 0 Å². The third-order valence-electron chi connectivity index (χ3n) is 2.89. The lowest BCUT2D eigenvalue weighted by Gasteiger charge is -2.22. The molecule has 0 radical (unpaired) electrons. The molecular weight excluding hydrogens is 203 g/mol. The van der Waals surface area contributed by atoms with Crippen LogP contribution in [0.25, 0.3) is 0 Å². The predicted molar refractivity (Wildman–Crippen MR) is 53.8 cm³/mol. The van der Waals surface area contributed by atoms with Crippen LogP contribution in [0.3, 0.4) is 0 Å². The Morgan fingerprint density at radius 2 is 1.93 bits per heavy atom. The van der Waals surface area contributed by atoms with Crippen molar-refractivity contribution in [2.24, 2.45) is 0 Å². The van der Waals surface area contributed by atoms with Gasteiger partial charge in [0.2, 0.25) is 0 Å². The Morgan fingerprint density at radius 3 is 2.50 bits per heavy atom. The second-order valence-electron chi connectivity index (χ2n) is 3.87. The van der Waals surface area contributed by atoms with Crippen molar-refractivity contribution in [3.63, 3.8) is 0 Å². The lowest BCUT2D eigenvalue weighted by atomic mass is 9.92. The van der Waals surface area contributed by atoms with E-state index in [2.05, 4.69) is 0 Å². The molecule has 0 aliphatic heterocycles. The maximum Gasteiger partial charge on any atom is 0.141 e. The first kappa shape index (κ1) is 9.94. The molecule has 1 fully saturated rings. The van der Waals surface area contributed by atoms with Gasteiger partial charge in [0.15, 0.2) is 0 Å². The van der Waals surface area contributed by atoms with E-state index in [9.17, 15) is 9.50 Å². The normalized spacial score (nSPS) is 19.9. The van der Waals surface area contributed by atoms with Crippen molar-refractivity contribution in [3.8, 4) is 0 Å². The highest BCUT2D eigenvalue weighted by Crippen LogP contribution is 2.39. The summed E-state index contributed by atoms with van der Waals surface area (Å²) in [5.41, 5.74) is -0.0430. The third kappa shape index (κ3) is 1.64. The molecule has 0 saturated heterocycles. The van der Waals surface area contributed by atoms with E-state index in [4.69, 9.17) is 11.6 Å². The molecule has 76 valence electrons. The topological polar surface area (TPSA) is 20.2 Å². The van der Waals surface area contributed by atoms with Crippen molar-refractivity contribution in [1.82, 2.24) is 0 Å². The van der Waals surface area contributed by atoms with Crippen LogP contribution in [0.15, 0.2) is 18.2 Å².